The lowest BCUT2D eigenvalue weighted by molar-refractivity contribution is -0.0952. The van der Waals surface area contributed by atoms with Gasteiger partial charge in [0.05, 0.1) is 0 Å². The van der Waals surface area contributed by atoms with Crippen molar-refractivity contribution >= 4 is 0 Å². The minimum atomic E-state index is -2.71. The highest BCUT2D eigenvalue weighted by molar-refractivity contribution is 4.84. The first-order valence-electron chi connectivity index (χ1n) is 4.97. The maximum atomic E-state index is 12.8. The zero-order valence-electron chi connectivity index (χ0n) is 8.49. The van der Waals surface area contributed by atoms with Gasteiger partial charge in [-0.05, 0) is 39.5 Å². The van der Waals surface area contributed by atoms with Crippen LogP contribution in [-0.4, -0.2) is 11.8 Å². The molecule has 0 aromatic heterocycles. The second-order valence-electron chi connectivity index (χ2n) is 4.46. The number of hydrogen-bond donors (Lipinski definition) is 0. The Kier molecular flexibility index (Phi) is 3.12. The molecule has 0 N–H and O–H groups in total. The molecule has 1 rings (SSSR count). The number of hydrogen-bond acceptors (Lipinski definition) is 0. The van der Waals surface area contributed by atoms with Crippen molar-refractivity contribution in [1.29, 1.82) is 0 Å². The van der Waals surface area contributed by atoms with Gasteiger partial charge >= 0.3 is 0 Å². The van der Waals surface area contributed by atoms with Crippen LogP contribution in [-0.2, 0) is 0 Å². The minimum absolute atomic E-state index is 0.220. The standard InChI is InChI=1S/C10H16F4/c1-9(11,12)7-3-5-8(6-4-7)10(2,13)14/h7-8H,3-6H2,1-2H3. The first-order valence-corrected chi connectivity index (χ1v) is 4.97. The summed E-state index contributed by atoms with van der Waals surface area (Å²) >= 11 is 0. The Morgan fingerprint density at radius 2 is 0.929 bits per heavy atom. The Morgan fingerprint density at radius 3 is 1.07 bits per heavy atom. The predicted octanol–water partition coefficient (Wildman–Crippen LogP) is 4.10. The van der Waals surface area contributed by atoms with Crippen molar-refractivity contribution in [3.05, 3.63) is 0 Å². The number of alkyl halides is 4. The second kappa shape index (κ2) is 3.70. The summed E-state index contributed by atoms with van der Waals surface area (Å²) in [6.45, 7) is 1.75. The van der Waals surface area contributed by atoms with Gasteiger partial charge in [0.1, 0.15) is 0 Å². The molecule has 0 aromatic carbocycles. The van der Waals surface area contributed by atoms with Gasteiger partial charge in [0.15, 0.2) is 0 Å². The smallest absolute Gasteiger partial charge is 0.207 e. The van der Waals surface area contributed by atoms with E-state index in [1.165, 1.54) is 0 Å². The van der Waals surface area contributed by atoms with E-state index < -0.39 is 23.7 Å². The third-order valence-electron chi connectivity index (χ3n) is 3.16. The van der Waals surface area contributed by atoms with Gasteiger partial charge in [-0.15, -0.1) is 0 Å². The molecule has 0 aliphatic heterocycles. The van der Waals surface area contributed by atoms with Crippen molar-refractivity contribution < 1.29 is 17.6 Å². The zero-order valence-corrected chi connectivity index (χ0v) is 8.49. The lowest BCUT2D eigenvalue weighted by atomic mass is 9.77. The van der Waals surface area contributed by atoms with Crippen LogP contribution >= 0.6 is 0 Å². The van der Waals surface area contributed by atoms with Crippen LogP contribution in [0.4, 0.5) is 17.6 Å². The Morgan fingerprint density at radius 1 is 0.714 bits per heavy atom. The molecule has 84 valence electrons. The Labute approximate surface area is 81.7 Å². The molecular formula is C10H16F4. The van der Waals surface area contributed by atoms with Gasteiger partial charge in [-0.25, -0.2) is 17.6 Å². The largest absolute Gasteiger partial charge is 0.248 e. The second-order valence-corrected chi connectivity index (χ2v) is 4.46. The maximum Gasteiger partial charge on any atom is 0.248 e. The fourth-order valence-electron chi connectivity index (χ4n) is 2.11. The Hall–Kier alpha value is -0.280. The van der Waals surface area contributed by atoms with Crippen LogP contribution in [0.5, 0.6) is 0 Å². The van der Waals surface area contributed by atoms with E-state index in [1.54, 1.807) is 0 Å². The van der Waals surface area contributed by atoms with Gasteiger partial charge in [0.2, 0.25) is 11.8 Å². The molecule has 0 saturated heterocycles. The highest BCUT2D eigenvalue weighted by Gasteiger charge is 2.42. The minimum Gasteiger partial charge on any atom is -0.207 e. The monoisotopic (exact) mass is 212 g/mol. The van der Waals surface area contributed by atoms with E-state index in [4.69, 9.17) is 0 Å². The SMILES string of the molecule is CC(F)(F)C1CCC(C(C)(F)F)CC1. The summed E-state index contributed by atoms with van der Waals surface area (Å²) in [6.07, 6.45) is 0.879. The van der Waals surface area contributed by atoms with Crippen molar-refractivity contribution in [3.8, 4) is 0 Å². The molecule has 1 saturated carbocycles. The average Bonchev–Trinajstić information content (AvgIpc) is 2.01. The molecule has 1 fully saturated rings. The summed E-state index contributed by atoms with van der Waals surface area (Å²) in [7, 11) is 0. The fourth-order valence-corrected chi connectivity index (χ4v) is 2.11. The Bertz CT molecular complexity index is 159. The first kappa shape index (κ1) is 11.8. The van der Waals surface area contributed by atoms with Crippen LogP contribution in [0.25, 0.3) is 0 Å². The normalized spacial score (nSPS) is 30.4. The molecule has 1 aliphatic rings. The molecule has 0 aromatic rings. The zero-order chi connectivity index (χ0) is 11.0. The van der Waals surface area contributed by atoms with Crippen LogP contribution in [0, 0.1) is 11.8 Å². The summed E-state index contributed by atoms with van der Waals surface area (Å²) in [5.41, 5.74) is 0. The highest BCUT2D eigenvalue weighted by atomic mass is 19.3. The van der Waals surface area contributed by atoms with E-state index >= 15 is 0 Å². The molecule has 4 heteroatoms. The van der Waals surface area contributed by atoms with E-state index in [9.17, 15) is 17.6 Å². The van der Waals surface area contributed by atoms with E-state index in [-0.39, 0.29) is 25.7 Å². The van der Waals surface area contributed by atoms with Crippen molar-refractivity contribution in [2.24, 2.45) is 11.8 Å². The van der Waals surface area contributed by atoms with Gasteiger partial charge in [-0.1, -0.05) is 0 Å². The summed E-state index contributed by atoms with van der Waals surface area (Å²) in [6, 6.07) is 0. The van der Waals surface area contributed by atoms with E-state index in [2.05, 4.69) is 0 Å². The molecule has 0 unspecified atom stereocenters. The van der Waals surface area contributed by atoms with Crippen LogP contribution in [0.15, 0.2) is 0 Å². The van der Waals surface area contributed by atoms with Gasteiger partial charge in [0.25, 0.3) is 0 Å². The van der Waals surface area contributed by atoms with E-state index in [0.717, 1.165) is 13.8 Å². The summed E-state index contributed by atoms with van der Waals surface area (Å²) in [5, 5.41) is 0. The third kappa shape index (κ3) is 2.85. The summed E-state index contributed by atoms with van der Waals surface area (Å²) < 4.78 is 51.4. The molecule has 0 bridgehead atoms. The summed E-state index contributed by atoms with van der Waals surface area (Å²) in [5.74, 6) is -6.84. The van der Waals surface area contributed by atoms with Crippen LogP contribution < -0.4 is 0 Å². The summed E-state index contributed by atoms with van der Waals surface area (Å²) in [4.78, 5) is 0. The number of halogens is 4. The van der Waals surface area contributed by atoms with Crippen LogP contribution in [0.1, 0.15) is 39.5 Å². The van der Waals surface area contributed by atoms with Crippen LogP contribution in [0.3, 0.4) is 0 Å². The molecule has 14 heavy (non-hydrogen) atoms. The third-order valence-corrected chi connectivity index (χ3v) is 3.16. The molecular weight excluding hydrogens is 196 g/mol. The molecule has 0 heterocycles. The van der Waals surface area contributed by atoms with Gasteiger partial charge in [-0.2, -0.15) is 0 Å². The van der Waals surface area contributed by atoms with Crippen LogP contribution in [0.2, 0.25) is 0 Å². The first-order chi connectivity index (χ1) is 6.21. The molecule has 1 aliphatic carbocycles. The van der Waals surface area contributed by atoms with Gasteiger partial charge in [-0.3, -0.25) is 0 Å². The molecule has 0 amide bonds. The lowest BCUT2D eigenvalue weighted by Crippen LogP contribution is -2.34. The van der Waals surface area contributed by atoms with Crippen molar-refractivity contribution in [2.75, 3.05) is 0 Å². The number of rotatable bonds is 2. The van der Waals surface area contributed by atoms with Gasteiger partial charge in [0, 0.05) is 11.8 Å². The molecule has 0 atom stereocenters. The average molecular weight is 212 g/mol. The predicted molar refractivity (Wildman–Crippen MR) is 46.7 cm³/mol. The highest BCUT2D eigenvalue weighted by Crippen LogP contribution is 2.43. The quantitative estimate of drug-likeness (QED) is 0.604. The van der Waals surface area contributed by atoms with E-state index in [1.807, 2.05) is 0 Å². The molecule has 0 nitrogen and oxygen atoms in total. The molecule has 0 radical (unpaired) electrons. The topological polar surface area (TPSA) is 0 Å². The van der Waals surface area contributed by atoms with E-state index in [0.29, 0.717) is 0 Å². The van der Waals surface area contributed by atoms with Crippen molar-refractivity contribution in [1.82, 2.24) is 0 Å². The Balaban J connectivity index is 2.47. The fraction of sp³-hybridized carbons (Fsp3) is 1.00. The van der Waals surface area contributed by atoms with Gasteiger partial charge < -0.3 is 0 Å². The maximum absolute atomic E-state index is 12.8. The molecule has 0 spiro atoms. The lowest BCUT2D eigenvalue weighted by Gasteiger charge is -2.34. The van der Waals surface area contributed by atoms with Crippen molar-refractivity contribution in [3.63, 3.8) is 0 Å². The van der Waals surface area contributed by atoms with Crippen molar-refractivity contribution in [2.45, 2.75) is 51.4 Å².